The highest BCUT2D eigenvalue weighted by molar-refractivity contribution is 6.39. The third kappa shape index (κ3) is 2.95. The largest absolute Gasteiger partial charge is 0.364 e. The van der Waals surface area contributed by atoms with Gasteiger partial charge in [0.25, 0.3) is 5.91 Å². The van der Waals surface area contributed by atoms with Crippen molar-refractivity contribution in [2.45, 2.75) is 25.0 Å². The third-order valence-corrected chi connectivity index (χ3v) is 3.50. The van der Waals surface area contributed by atoms with E-state index >= 15 is 0 Å². The highest BCUT2D eigenvalue weighted by Crippen LogP contribution is 2.30. The molecule has 0 saturated carbocycles. The predicted octanol–water partition coefficient (Wildman–Crippen LogP) is 2.44. The summed E-state index contributed by atoms with van der Waals surface area (Å²) in [5.41, 5.74) is 5.92. The number of hydrogen-bond donors (Lipinski definition) is 2. The molecule has 18 heavy (non-hydrogen) atoms. The van der Waals surface area contributed by atoms with Gasteiger partial charge in [0.1, 0.15) is 6.10 Å². The molecule has 0 spiro atoms. The van der Waals surface area contributed by atoms with Crippen LogP contribution in [0.5, 0.6) is 0 Å². The second kappa shape index (κ2) is 5.89. The second-order valence-electron chi connectivity index (χ2n) is 4.15. The first-order chi connectivity index (χ1) is 8.61. The molecule has 1 aromatic rings. The van der Waals surface area contributed by atoms with Crippen LogP contribution in [0.25, 0.3) is 0 Å². The third-order valence-electron chi connectivity index (χ3n) is 2.87. The van der Waals surface area contributed by atoms with E-state index in [-0.39, 0.29) is 12.0 Å². The zero-order chi connectivity index (χ0) is 13.1. The highest BCUT2D eigenvalue weighted by Gasteiger charge is 2.30. The molecule has 3 N–H and O–H groups in total. The van der Waals surface area contributed by atoms with E-state index in [1.54, 1.807) is 18.2 Å². The van der Waals surface area contributed by atoms with Crippen LogP contribution in [0.3, 0.4) is 0 Å². The van der Waals surface area contributed by atoms with Gasteiger partial charge >= 0.3 is 0 Å². The van der Waals surface area contributed by atoms with E-state index in [0.29, 0.717) is 28.7 Å². The minimum Gasteiger partial charge on any atom is -0.364 e. The van der Waals surface area contributed by atoms with Gasteiger partial charge in [-0.05, 0) is 25.0 Å². The number of nitrogens with one attached hydrogen (secondary N) is 1. The maximum absolute atomic E-state index is 12.0. The quantitative estimate of drug-likeness (QED) is 0.898. The van der Waals surface area contributed by atoms with Gasteiger partial charge in [-0.25, -0.2) is 0 Å². The Balaban J connectivity index is 2.04. The van der Waals surface area contributed by atoms with Crippen LogP contribution in [0.4, 0.5) is 5.69 Å². The van der Waals surface area contributed by atoms with Gasteiger partial charge < -0.3 is 15.8 Å². The number of para-hydroxylation sites is 1. The van der Waals surface area contributed by atoms with E-state index in [1.165, 1.54) is 0 Å². The zero-order valence-electron chi connectivity index (χ0n) is 9.66. The van der Waals surface area contributed by atoms with Crippen molar-refractivity contribution in [1.29, 1.82) is 0 Å². The van der Waals surface area contributed by atoms with Crippen molar-refractivity contribution in [2.75, 3.05) is 11.9 Å². The molecule has 4 nitrogen and oxygen atoms in total. The Hall–Kier alpha value is -0.810. The van der Waals surface area contributed by atoms with Gasteiger partial charge in [-0.3, -0.25) is 4.79 Å². The Morgan fingerprint density at radius 2 is 2.06 bits per heavy atom. The summed E-state index contributed by atoms with van der Waals surface area (Å²) in [6, 6.07) is 5.05. The molecule has 1 heterocycles. The van der Waals surface area contributed by atoms with Gasteiger partial charge in [-0.1, -0.05) is 29.3 Å². The molecule has 2 unspecified atom stereocenters. The van der Waals surface area contributed by atoms with Gasteiger partial charge in [0.15, 0.2) is 0 Å². The summed E-state index contributed by atoms with van der Waals surface area (Å²) >= 11 is 12.0. The van der Waals surface area contributed by atoms with Crippen LogP contribution in [0, 0.1) is 0 Å². The monoisotopic (exact) mass is 288 g/mol. The van der Waals surface area contributed by atoms with Crippen LogP contribution in [-0.4, -0.2) is 24.7 Å². The normalized spacial score (nSPS) is 23.1. The van der Waals surface area contributed by atoms with Crippen molar-refractivity contribution in [1.82, 2.24) is 0 Å². The number of benzene rings is 1. The summed E-state index contributed by atoms with van der Waals surface area (Å²) in [6.45, 7) is 0.427. The lowest BCUT2D eigenvalue weighted by Gasteiger charge is -2.14. The van der Waals surface area contributed by atoms with Gasteiger partial charge in [0.05, 0.1) is 21.8 Å². The Bertz CT molecular complexity index is 433. The van der Waals surface area contributed by atoms with Crippen LogP contribution in [0.15, 0.2) is 18.2 Å². The smallest absolute Gasteiger partial charge is 0.253 e. The average Bonchev–Trinajstić information content (AvgIpc) is 2.82. The van der Waals surface area contributed by atoms with E-state index in [9.17, 15) is 4.79 Å². The maximum Gasteiger partial charge on any atom is 0.253 e. The zero-order valence-corrected chi connectivity index (χ0v) is 11.2. The number of hydrogen-bond acceptors (Lipinski definition) is 3. The summed E-state index contributed by atoms with van der Waals surface area (Å²) in [5, 5.41) is 3.51. The first-order valence-electron chi connectivity index (χ1n) is 5.72. The lowest BCUT2D eigenvalue weighted by Crippen LogP contribution is -2.30. The molecule has 1 aliphatic heterocycles. The Labute approximate surface area is 115 Å². The van der Waals surface area contributed by atoms with Crippen LogP contribution >= 0.6 is 23.2 Å². The number of halogens is 2. The molecule has 0 radical (unpaired) electrons. The molecule has 1 aromatic carbocycles. The standard InChI is InChI=1S/C12H14Cl2N2O2/c13-8-2-1-3-9(14)11(8)16-12(17)10-5-4-7(6-15)18-10/h1-3,7,10H,4-6,15H2,(H,16,17). The fourth-order valence-corrected chi connectivity index (χ4v) is 2.38. The van der Waals surface area contributed by atoms with Crippen molar-refractivity contribution < 1.29 is 9.53 Å². The number of amides is 1. The Morgan fingerprint density at radius 1 is 1.39 bits per heavy atom. The second-order valence-corrected chi connectivity index (χ2v) is 4.96. The summed E-state index contributed by atoms with van der Waals surface area (Å²) < 4.78 is 5.50. The maximum atomic E-state index is 12.0. The molecule has 0 aliphatic carbocycles. The van der Waals surface area contributed by atoms with Crippen LogP contribution in [0.1, 0.15) is 12.8 Å². The summed E-state index contributed by atoms with van der Waals surface area (Å²) in [7, 11) is 0. The molecule has 2 rings (SSSR count). The van der Waals surface area contributed by atoms with Crippen LogP contribution < -0.4 is 11.1 Å². The minimum absolute atomic E-state index is 0.0394. The van der Waals surface area contributed by atoms with E-state index in [1.807, 2.05) is 0 Å². The van der Waals surface area contributed by atoms with Crippen molar-refractivity contribution >= 4 is 34.8 Å². The number of carbonyl (C=O) groups is 1. The van der Waals surface area contributed by atoms with E-state index in [0.717, 1.165) is 6.42 Å². The molecule has 1 aliphatic rings. The molecular weight excluding hydrogens is 275 g/mol. The molecule has 0 aromatic heterocycles. The van der Waals surface area contributed by atoms with Gasteiger partial charge in [0.2, 0.25) is 0 Å². The van der Waals surface area contributed by atoms with Gasteiger partial charge in [-0.15, -0.1) is 0 Å². The number of nitrogens with two attached hydrogens (primary N) is 1. The van der Waals surface area contributed by atoms with Crippen LogP contribution in [-0.2, 0) is 9.53 Å². The summed E-state index contributed by atoms with van der Waals surface area (Å²) in [4.78, 5) is 12.0. The van der Waals surface area contributed by atoms with E-state index in [2.05, 4.69) is 5.32 Å². The van der Waals surface area contributed by atoms with Crippen molar-refractivity contribution in [3.63, 3.8) is 0 Å². The lowest BCUT2D eigenvalue weighted by molar-refractivity contribution is -0.126. The van der Waals surface area contributed by atoms with Gasteiger partial charge in [-0.2, -0.15) is 0 Å². The molecule has 2 atom stereocenters. The predicted molar refractivity (Wildman–Crippen MR) is 72.0 cm³/mol. The fraction of sp³-hybridized carbons (Fsp3) is 0.417. The average molecular weight is 289 g/mol. The molecule has 1 fully saturated rings. The van der Waals surface area contributed by atoms with Gasteiger partial charge in [0, 0.05) is 6.54 Å². The first-order valence-corrected chi connectivity index (χ1v) is 6.48. The Kier molecular flexibility index (Phi) is 4.45. The summed E-state index contributed by atoms with van der Waals surface area (Å²) in [5.74, 6) is -0.235. The number of ether oxygens (including phenoxy) is 1. The van der Waals surface area contributed by atoms with Crippen LogP contribution in [0.2, 0.25) is 10.0 Å². The first kappa shape index (κ1) is 13.6. The lowest BCUT2D eigenvalue weighted by atomic mass is 10.2. The molecule has 0 bridgehead atoms. The topological polar surface area (TPSA) is 64.4 Å². The minimum atomic E-state index is -0.481. The molecule has 1 amide bonds. The van der Waals surface area contributed by atoms with Crippen molar-refractivity contribution in [2.24, 2.45) is 5.73 Å². The van der Waals surface area contributed by atoms with E-state index < -0.39 is 6.10 Å². The number of rotatable bonds is 3. The van der Waals surface area contributed by atoms with Crippen molar-refractivity contribution in [3.05, 3.63) is 28.2 Å². The fourth-order valence-electron chi connectivity index (χ4n) is 1.89. The summed E-state index contributed by atoms with van der Waals surface area (Å²) in [6.07, 6.45) is 0.939. The SMILES string of the molecule is NCC1CCC(C(=O)Nc2c(Cl)cccc2Cl)O1. The van der Waals surface area contributed by atoms with E-state index in [4.69, 9.17) is 33.7 Å². The molecule has 98 valence electrons. The molecule has 6 heteroatoms. The highest BCUT2D eigenvalue weighted by atomic mass is 35.5. The molecular formula is C12H14Cl2N2O2. The number of anilines is 1. The number of carbonyl (C=O) groups excluding carboxylic acids is 1. The Morgan fingerprint density at radius 3 is 2.61 bits per heavy atom. The van der Waals surface area contributed by atoms with Crippen molar-refractivity contribution in [3.8, 4) is 0 Å². The molecule has 1 saturated heterocycles.